The summed E-state index contributed by atoms with van der Waals surface area (Å²) in [5.41, 5.74) is 1.53. The molecule has 1 aliphatic rings. The number of rotatable bonds is 3. The monoisotopic (exact) mass is 139 g/mol. The van der Waals surface area contributed by atoms with E-state index in [1.54, 1.807) is 0 Å². The normalized spacial score (nSPS) is 32.5. The summed E-state index contributed by atoms with van der Waals surface area (Å²) < 4.78 is 0. The molecule has 0 radical (unpaired) electrons. The summed E-state index contributed by atoms with van der Waals surface area (Å²) in [6.45, 7) is 4.42. The first-order valence-corrected chi connectivity index (χ1v) is 4.12. The highest BCUT2D eigenvalue weighted by Gasteiger charge is 2.33. The maximum absolute atomic E-state index is 3.27. The molecular formula is C9H17N. The minimum atomic E-state index is 0.779. The zero-order chi connectivity index (χ0) is 7.56. The Balaban J connectivity index is 2.28. The summed E-state index contributed by atoms with van der Waals surface area (Å²) in [6, 6.07) is 0.779. The van der Waals surface area contributed by atoms with E-state index in [0.29, 0.717) is 0 Å². The molecule has 0 saturated heterocycles. The summed E-state index contributed by atoms with van der Waals surface area (Å²) >= 11 is 0. The van der Waals surface area contributed by atoms with Crippen molar-refractivity contribution in [3.05, 3.63) is 11.6 Å². The number of hydrogen-bond acceptors (Lipinski definition) is 1. The molecular weight excluding hydrogens is 122 g/mol. The third kappa shape index (κ3) is 1.84. The molecule has 0 aromatic carbocycles. The molecule has 0 aromatic heterocycles. The molecule has 1 saturated carbocycles. The van der Waals surface area contributed by atoms with Crippen LogP contribution < -0.4 is 5.32 Å². The second-order valence-electron chi connectivity index (χ2n) is 3.16. The van der Waals surface area contributed by atoms with Gasteiger partial charge in [-0.1, -0.05) is 18.6 Å². The zero-order valence-electron chi connectivity index (χ0n) is 7.15. The van der Waals surface area contributed by atoms with Gasteiger partial charge in [0.05, 0.1) is 0 Å². The Bertz CT molecular complexity index is 138. The maximum atomic E-state index is 3.27. The van der Waals surface area contributed by atoms with Crippen molar-refractivity contribution in [3.8, 4) is 0 Å². The molecule has 0 heterocycles. The van der Waals surface area contributed by atoms with E-state index in [1.165, 1.54) is 18.4 Å². The Kier molecular flexibility index (Phi) is 2.50. The first-order chi connectivity index (χ1) is 4.77. The predicted molar refractivity (Wildman–Crippen MR) is 45.0 cm³/mol. The fourth-order valence-corrected chi connectivity index (χ4v) is 1.21. The Morgan fingerprint density at radius 1 is 1.70 bits per heavy atom. The molecule has 0 aliphatic heterocycles. The van der Waals surface area contributed by atoms with Crippen LogP contribution in [0.25, 0.3) is 0 Å². The van der Waals surface area contributed by atoms with Crippen molar-refractivity contribution in [2.75, 3.05) is 7.05 Å². The van der Waals surface area contributed by atoms with Gasteiger partial charge >= 0.3 is 0 Å². The molecule has 0 amide bonds. The van der Waals surface area contributed by atoms with Gasteiger partial charge in [-0.15, -0.1) is 0 Å². The maximum Gasteiger partial charge on any atom is 0.0134 e. The van der Waals surface area contributed by atoms with Gasteiger partial charge in [0.2, 0.25) is 0 Å². The Labute approximate surface area is 63.5 Å². The molecule has 0 bridgehead atoms. The molecule has 58 valence electrons. The zero-order valence-corrected chi connectivity index (χ0v) is 7.15. The highest BCUT2D eigenvalue weighted by Crippen LogP contribution is 2.32. The summed E-state index contributed by atoms with van der Waals surface area (Å²) in [5, 5.41) is 3.27. The van der Waals surface area contributed by atoms with Gasteiger partial charge < -0.3 is 5.32 Å². The van der Waals surface area contributed by atoms with E-state index >= 15 is 0 Å². The molecule has 0 spiro atoms. The predicted octanol–water partition coefficient (Wildman–Crippen LogP) is 1.95. The van der Waals surface area contributed by atoms with Crippen molar-refractivity contribution >= 4 is 0 Å². The van der Waals surface area contributed by atoms with Gasteiger partial charge in [0.25, 0.3) is 0 Å². The van der Waals surface area contributed by atoms with Crippen LogP contribution in [-0.4, -0.2) is 13.1 Å². The average Bonchev–Trinajstić information content (AvgIpc) is 2.67. The number of allylic oxidation sites excluding steroid dienone is 1. The van der Waals surface area contributed by atoms with Crippen LogP contribution in [0.4, 0.5) is 0 Å². The van der Waals surface area contributed by atoms with E-state index in [4.69, 9.17) is 0 Å². The molecule has 2 atom stereocenters. The van der Waals surface area contributed by atoms with Crippen LogP contribution in [-0.2, 0) is 0 Å². The van der Waals surface area contributed by atoms with Gasteiger partial charge in [-0.05, 0) is 32.7 Å². The van der Waals surface area contributed by atoms with Crippen molar-refractivity contribution in [1.82, 2.24) is 5.32 Å². The fraction of sp³-hybridized carbons (Fsp3) is 0.778. The summed E-state index contributed by atoms with van der Waals surface area (Å²) in [7, 11) is 2.04. The topological polar surface area (TPSA) is 12.0 Å². The lowest BCUT2D eigenvalue weighted by atomic mass is 10.2. The Morgan fingerprint density at radius 3 is 2.80 bits per heavy atom. The summed E-state index contributed by atoms with van der Waals surface area (Å²) in [4.78, 5) is 0. The molecule has 1 rings (SSSR count). The van der Waals surface area contributed by atoms with Gasteiger partial charge in [-0.3, -0.25) is 0 Å². The lowest BCUT2D eigenvalue weighted by Crippen LogP contribution is -2.09. The van der Waals surface area contributed by atoms with Crippen LogP contribution in [0.1, 0.15) is 26.7 Å². The SMILES string of the molecule is CC/C(C)=C\C1CC1NC. The lowest BCUT2D eigenvalue weighted by Gasteiger charge is -1.94. The molecule has 10 heavy (non-hydrogen) atoms. The van der Waals surface area contributed by atoms with Crippen molar-refractivity contribution in [3.63, 3.8) is 0 Å². The van der Waals surface area contributed by atoms with Crippen LogP contribution in [0.15, 0.2) is 11.6 Å². The van der Waals surface area contributed by atoms with Crippen LogP contribution in [0.2, 0.25) is 0 Å². The van der Waals surface area contributed by atoms with Crippen LogP contribution in [0, 0.1) is 5.92 Å². The van der Waals surface area contributed by atoms with Gasteiger partial charge in [0, 0.05) is 6.04 Å². The summed E-state index contributed by atoms with van der Waals surface area (Å²) in [5.74, 6) is 0.838. The molecule has 1 N–H and O–H groups in total. The first kappa shape index (κ1) is 7.80. The smallest absolute Gasteiger partial charge is 0.0134 e. The Hall–Kier alpha value is -0.300. The lowest BCUT2D eigenvalue weighted by molar-refractivity contribution is 0.771. The second-order valence-corrected chi connectivity index (χ2v) is 3.16. The second kappa shape index (κ2) is 3.20. The average molecular weight is 139 g/mol. The highest BCUT2D eigenvalue weighted by atomic mass is 14.9. The quantitative estimate of drug-likeness (QED) is 0.589. The van der Waals surface area contributed by atoms with Crippen molar-refractivity contribution in [1.29, 1.82) is 0 Å². The minimum Gasteiger partial charge on any atom is -0.316 e. The Morgan fingerprint density at radius 2 is 2.40 bits per heavy atom. The standard InChI is InChI=1S/C9H17N/c1-4-7(2)5-8-6-9(8)10-3/h5,8-10H,4,6H2,1-3H3/b7-5-. The van der Waals surface area contributed by atoms with E-state index in [-0.39, 0.29) is 0 Å². The van der Waals surface area contributed by atoms with Crippen LogP contribution in [0.5, 0.6) is 0 Å². The number of hydrogen-bond donors (Lipinski definition) is 1. The van der Waals surface area contributed by atoms with Crippen molar-refractivity contribution in [2.45, 2.75) is 32.7 Å². The highest BCUT2D eigenvalue weighted by molar-refractivity contribution is 5.11. The van der Waals surface area contributed by atoms with Crippen molar-refractivity contribution in [2.24, 2.45) is 5.92 Å². The molecule has 1 aliphatic carbocycles. The molecule has 1 fully saturated rings. The largest absolute Gasteiger partial charge is 0.316 e. The summed E-state index contributed by atoms with van der Waals surface area (Å²) in [6.07, 6.45) is 4.95. The van der Waals surface area contributed by atoms with Crippen molar-refractivity contribution < 1.29 is 0 Å². The fourth-order valence-electron chi connectivity index (χ4n) is 1.21. The minimum absolute atomic E-state index is 0.779. The number of nitrogens with one attached hydrogen (secondary N) is 1. The van der Waals surface area contributed by atoms with Gasteiger partial charge in [0.1, 0.15) is 0 Å². The van der Waals surface area contributed by atoms with Crippen LogP contribution >= 0.6 is 0 Å². The van der Waals surface area contributed by atoms with Gasteiger partial charge in [-0.2, -0.15) is 0 Å². The third-order valence-electron chi connectivity index (χ3n) is 2.27. The molecule has 0 aromatic rings. The molecule has 1 heteroatoms. The van der Waals surface area contributed by atoms with E-state index in [2.05, 4.69) is 25.2 Å². The van der Waals surface area contributed by atoms with Gasteiger partial charge in [0.15, 0.2) is 0 Å². The van der Waals surface area contributed by atoms with Crippen LogP contribution in [0.3, 0.4) is 0 Å². The molecule has 1 nitrogen and oxygen atoms in total. The van der Waals surface area contributed by atoms with E-state index in [0.717, 1.165) is 12.0 Å². The molecule has 2 unspecified atom stereocenters. The van der Waals surface area contributed by atoms with Gasteiger partial charge in [-0.25, -0.2) is 0 Å². The van der Waals surface area contributed by atoms with E-state index < -0.39 is 0 Å². The first-order valence-electron chi connectivity index (χ1n) is 4.12. The van der Waals surface area contributed by atoms with E-state index in [1.807, 2.05) is 7.05 Å². The van der Waals surface area contributed by atoms with E-state index in [9.17, 15) is 0 Å². The third-order valence-corrected chi connectivity index (χ3v) is 2.27.